The number of hydrogen-bond acceptors (Lipinski definition) is 2. The summed E-state index contributed by atoms with van der Waals surface area (Å²) in [5.41, 5.74) is 0. The van der Waals surface area contributed by atoms with Gasteiger partial charge in [-0.1, -0.05) is 13.3 Å². The minimum atomic E-state index is -3.63. The standard InChI is InChI=1S/C40H86O3P2/c1-6-11-16-21-23-24-25-26-27-28-30-35-40-45(37-32-18-13-8-3,38-33-19-14-9-4,39-34-20-15-10-5)43-44(41,42)36-31-29-22-17-12-7-2/h6-40H2,1-5H3,(H,41,42). The maximum atomic E-state index is 14.1. The average molecular weight is 677 g/mol. The van der Waals surface area contributed by atoms with Gasteiger partial charge in [0.15, 0.2) is 0 Å². The van der Waals surface area contributed by atoms with Crippen LogP contribution in [-0.2, 0) is 8.88 Å². The summed E-state index contributed by atoms with van der Waals surface area (Å²) < 4.78 is 21.2. The molecule has 1 atom stereocenters. The molecule has 274 valence electrons. The third-order valence-electron chi connectivity index (χ3n) is 10.5. The second-order valence-corrected chi connectivity index (χ2v) is 22.9. The van der Waals surface area contributed by atoms with Gasteiger partial charge in [0, 0.05) is 0 Å². The molecule has 0 aliphatic heterocycles. The zero-order chi connectivity index (χ0) is 33.4. The van der Waals surface area contributed by atoms with Crippen LogP contribution in [0.1, 0.15) is 227 Å². The fourth-order valence-corrected chi connectivity index (χ4v) is 18.1. The van der Waals surface area contributed by atoms with Crippen molar-refractivity contribution in [3.63, 3.8) is 0 Å². The molecule has 3 nitrogen and oxygen atoms in total. The summed E-state index contributed by atoms with van der Waals surface area (Å²) in [6.45, 7) is 8.59. The third-order valence-corrected chi connectivity index (χ3v) is 20.0. The molecule has 0 fully saturated rings. The van der Waals surface area contributed by atoms with Gasteiger partial charge >= 0.3 is 273 Å². The van der Waals surface area contributed by atoms with Crippen LogP contribution in [0.5, 0.6) is 0 Å². The molecule has 5 heteroatoms. The summed E-state index contributed by atoms with van der Waals surface area (Å²) in [6.07, 6.45) is 42.7. The molecule has 0 heterocycles. The Hall–Kier alpha value is 0.580. The van der Waals surface area contributed by atoms with E-state index in [0.717, 1.165) is 37.5 Å². The summed E-state index contributed by atoms with van der Waals surface area (Å²) in [4.78, 5) is 11.6. The van der Waals surface area contributed by atoms with E-state index in [-0.39, 0.29) is 0 Å². The predicted molar refractivity (Wildman–Crippen MR) is 209 cm³/mol. The zero-order valence-corrected chi connectivity index (χ0v) is 33.7. The minimum absolute atomic E-state index is 0.369. The van der Waals surface area contributed by atoms with Crippen LogP contribution in [0, 0.1) is 0 Å². The van der Waals surface area contributed by atoms with Gasteiger partial charge in [-0.05, 0) is 0 Å². The average Bonchev–Trinajstić information content (AvgIpc) is 3.02. The number of hydrogen-bond donors (Lipinski definition) is 1. The number of unbranched alkanes of at least 4 members (excludes halogenated alkanes) is 25. The van der Waals surface area contributed by atoms with E-state index >= 15 is 0 Å². The summed E-state index contributed by atoms with van der Waals surface area (Å²) in [7, 11) is -3.63. The fraction of sp³-hybridized carbons (Fsp3) is 1.00. The molecule has 0 aromatic rings. The van der Waals surface area contributed by atoms with Crippen LogP contribution in [0.4, 0.5) is 0 Å². The van der Waals surface area contributed by atoms with Crippen LogP contribution in [0.2, 0.25) is 0 Å². The maximum absolute atomic E-state index is 14.1. The Bertz CT molecular complexity index is 634. The molecule has 0 aliphatic rings. The van der Waals surface area contributed by atoms with Crippen molar-refractivity contribution in [3.05, 3.63) is 0 Å². The second-order valence-electron chi connectivity index (χ2n) is 15.0. The van der Waals surface area contributed by atoms with E-state index in [1.165, 1.54) is 180 Å². The molecule has 0 rings (SSSR count). The van der Waals surface area contributed by atoms with E-state index in [1.54, 1.807) is 0 Å². The van der Waals surface area contributed by atoms with E-state index in [4.69, 9.17) is 4.31 Å². The van der Waals surface area contributed by atoms with Gasteiger partial charge in [0.05, 0.1) is 0 Å². The normalized spacial score (nSPS) is 14.4. The molecule has 1 unspecified atom stereocenters. The van der Waals surface area contributed by atoms with Gasteiger partial charge in [0.25, 0.3) is 0 Å². The molecule has 0 amide bonds. The molecular formula is C40H86O3P2. The van der Waals surface area contributed by atoms with E-state index in [9.17, 15) is 9.46 Å². The van der Waals surface area contributed by atoms with Gasteiger partial charge in [-0.2, -0.15) is 0 Å². The first-order valence-corrected chi connectivity index (χ1v) is 25.5. The SMILES string of the molecule is CCCCCCCCCCCCCCP(CCCCCC)(CCCCCC)(CCCCCC)OP(=O)(O)CCCCCCCC. The second kappa shape index (κ2) is 30.6. The Morgan fingerprint density at radius 2 is 0.600 bits per heavy atom. The first-order valence-electron chi connectivity index (χ1n) is 20.9. The van der Waals surface area contributed by atoms with Gasteiger partial charge in [-0.15, -0.1) is 0 Å². The van der Waals surface area contributed by atoms with Crippen LogP contribution >= 0.6 is 14.4 Å². The van der Waals surface area contributed by atoms with Crippen molar-refractivity contribution in [2.75, 3.05) is 30.8 Å². The van der Waals surface area contributed by atoms with Crippen molar-refractivity contribution in [2.45, 2.75) is 227 Å². The van der Waals surface area contributed by atoms with Crippen molar-refractivity contribution in [1.82, 2.24) is 0 Å². The third kappa shape index (κ3) is 25.2. The van der Waals surface area contributed by atoms with Crippen molar-refractivity contribution in [2.24, 2.45) is 0 Å². The Kier molecular flexibility index (Phi) is 31.0. The predicted octanol–water partition coefficient (Wildman–Crippen LogP) is 15.5. The molecular weight excluding hydrogens is 590 g/mol. The Morgan fingerprint density at radius 3 is 0.889 bits per heavy atom. The van der Waals surface area contributed by atoms with Crippen LogP contribution in [0.25, 0.3) is 0 Å². The first-order chi connectivity index (χ1) is 21.8. The van der Waals surface area contributed by atoms with Crippen LogP contribution in [0.15, 0.2) is 0 Å². The summed E-state index contributed by atoms with van der Waals surface area (Å²) >= 11 is 0. The van der Waals surface area contributed by atoms with E-state index in [1.807, 2.05) is 0 Å². The Morgan fingerprint density at radius 1 is 0.378 bits per heavy atom. The summed E-state index contributed by atoms with van der Waals surface area (Å²) in [5, 5.41) is 0. The van der Waals surface area contributed by atoms with Crippen LogP contribution in [-0.4, -0.2) is 35.7 Å². The van der Waals surface area contributed by atoms with Crippen molar-refractivity contribution in [3.8, 4) is 0 Å². The molecule has 1 N–H and O–H groups in total. The van der Waals surface area contributed by atoms with E-state index in [0.29, 0.717) is 6.16 Å². The van der Waals surface area contributed by atoms with Gasteiger partial charge in [0.2, 0.25) is 0 Å². The van der Waals surface area contributed by atoms with Gasteiger partial charge in [0.1, 0.15) is 0 Å². The van der Waals surface area contributed by atoms with Crippen molar-refractivity contribution < 1.29 is 13.8 Å². The number of rotatable bonds is 37. The fourth-order valence-electron chi connectivity index (χ4n) is 7.50. The van der Waals surface area contributed by atoms with Crippen molar-refractivity contribution >= 4 is 14.4 Å². The zero-order valence-electron chi connectivity index (χ0n) is 31.9. The van der Waals surface area contributed by atoms with Crippen LogP contribution in [0.3, 0.4) is 0 Å². The molecule has 0 aromatic heterocycles. The molecule has 0 saturated carbocycles. The van der Waals surface area contributed by atoms with Crippen molar-refractivity contribution in [1.29, 1.82) is 0 Å². The van der Waals surface area contributed by atoms with E-state index in [2.05, 4.69) is 34.6 Å². The van der Waals surface area contributed by atoms with Crippen LogP contribution < -0.4 is 0 Å². The molecule has 0 aromatic carbocycles. The molecule has 45 heavy (non-hydrogen) atoms. The Balaban J connectivity index is 5.68. The topological polar surface area (TPSA) is 46.5 Å². The molecule has 0 aliphatic carbocycles. The van der Waals surface area contributed by atoms with E-state index < -0.39 is 14.4 Å². The molecule has 0 spiro atoms. The first kappa shape index (κ1) is 45.6. The summed E-state index contributed by atoms with van der Waals surface area (Å²) in [5.74, 6) is 0. The molecule has 0 bridgehead atoms. The van der Waals surface area contributed by atoms with Gasteiger partial charge < -0.3 is 0 Å². The molecule has 0 saturated heterocycles. The van der Waals surface area contributed by atoms with Gasteiger partial charge in [-0.25, -0.2) is 0 Å². The van der Waals surface area contributed by atoms with Gasteiger partial charge in [-0.3, -0.25) is 0 Å². The monoisotopic (exact) mass is 677 g/mol. The molecule has 0 radical (unpaired) electrons. The quantitative estimate of drug-likeness (QED) is 0.0526. The summed E-state index contributed by atoms with van der Waals surface area (Å²) in [6, 6.07) is 0. The Labute approximate surface area is 285 Å².